The van der Waals surface area contributed by atoms with E-state index in [0.29, 0.717) is 22.2 Å². The van der Waals surface area contributed by atoms with E-state index in [1.54, 1.807) is 30.2 Å². The molecule has 36 heavy (non-hydrogen) atoms. The monoisotopic (exact) mass is 526 g/mol. The first-order valence-electron chi connectivity index (χ1n) is 12.0. The van der Waals surface area contributed by atoms with Crippen molar-refractivity contribution in [2.45, 2.75) is 51.7 Å². The molecule has 0 heterocycles. The van der Waals surface area contributed by atoms with Crippen LogP contribution in [-0.4, -0.2) is 35.9 Å². The van der Waals surface area contributed by atoms with Crippen LogP contribution in [0.2, 0.25) is 10.0 Å². The zero-order valence-corrected chi connectivity index (χ0v) is 22.4. The van der Waals surface area contributed by atoms with E-state index in [0.717, 1.165) is 23.1 Å². The van der Waals surface area contributed by atoms with Crippen LogP contribution in [0.4, 0.5) is 0 Å². The van der Waals surface area contributed by atoms with Crippen LogP contribution in [0.25, 0.3) is 0 Å². The molecule has 0 bridgehead atoms. The molecule has 0 aliphatic carbocycles. The Balaban J connectivity index is 1.99. The molecule has 0 aromatic heterocycles. The first kappa shape index (κ1) is 27.6. The van der Waals surface area contributed by atoms with Gasteiger partial charge in [0.25, 0.3) is 0 Å². The largest absolute Gasteiger partial charge is 0.497 e. The van der Waals surface area contributed by atoms with Crippen molar-refractivity contribution in [2.75, 3.05) is 7.11 Å². The molecule has 3 rings (SSSR count). The molecule has 3 aromatic rings. The Morgan fingerprint density at radius 3 is 2.31 bits per heavy atom. The van der Waals surface area contributed by atoms with Crippen LogP contribution >= 0.6 is 23.2 Å². The Morgan fingerprint density at radius 2 is 1.64 bits per heavy atom. The minimum Gasteiger partial charge on any atom is -0.497 e. The van der Waals surface area contributed by atoms with E-state index in [1.165, 1.54) is 0 Å². The highest BCUT2D eigenvalue weighted by molar-refractivity contribution is 6.42. The number of methoxy groups -OCH3 is 1. The third kappa shape index (κ3) is 7.74. The number of hydrogen-bond acceptors (Lipinski definition) is 3. The molecule has 0 saturated carbocycles. The van der Waals surface area contributed by atoms with Crippen molar-refractivity contribution in [3.8, 4) is 5.75 Å². The third-order valence-electron chi connectivity index (χ3n) is 6.10. The van der Waals surface area contributed by atoms with Crippen LogP contribution in [0.1, 0.15) is 37.0 Å². The summed E-state index contributed by atoms with van der Waals surface area (Å²) in [5, 5.41) is 3.89. The lowest BCUT2D eigenvalue weighted by atomic mass is 10.0. The summed E-state index contributed by atoms with van der Waals surface area (Å²) in [5.74, 6) is 0.322. The molecule has 0 radical (unpaired) electrons. The van der Waals surface area contributed by atoms with Gasteiger partial charge in [-0.25, -0.2) is 0 Å². The fourth-order valence-electron chi connectivity index (χ4n) is 3.89. The van der Waals surface area contributed by atoms with Crippen molar-refractivity contribution < 1.29 is 14.3 Å². The molecule has 0 fully saturated rings. The third-order valence-corrected chi connectivity index (χ3v) is 6.84. The molecule has 7 heteroatoms. The van der Waals surface area contributed by atoms with Crippen LogP contribution < -0.4 is 10.1 Å². The molecule has 1 N–H and O–H groups in total. The highest BCUT2D eigenvalue weighted by Crippen LogP contribution is 2.24. The van der Waals surface area contributed by atoms with Gasteiger partial charge in [-0.2, -0.15) is 0 Å². The molecule has 2 atom stereocenters. The van der Waals surface area contributed by atoms with E-state index in [4.69, 9.17) is 27.9 Å². The molecule has 3 aromatic carbocycles. The van der Waals surface area contributed by atoms with E-state index in [-0.39, 0.29) is 30.8 Å². The highest BCUT2D eigenvalue weighted by Gasteiger charge is 2.31. The minimum absolute atomic E-state index is 0.0142. The van der Waals surface area contributed by atoms with Gasteiger partial charge in [-0.05, 0) is 54.3 Å². The predicted octanol–water partition coefficient (Wildman–Crippen LogP) is 6.10. The highest BCUT2D eigenvalue weighted by atomic mass is 35.5. The fraction of sp³-hybridized carbons (Fsp3) is 0.310. The first-order chi connectivity index (χ1) is 17.3. The van der Waals surface area contributed by atoms with Crippen molar-refractivity contribution in [1.82, 2.24) is 10.2 Å². The maximum Gasteiger partial charge on any atom is 0.243 e. The number of halogens is 2. The maximum atomic E-state index is 13.8. The molecular weight excluding hydrogens is 495 g/mol. The van der Waals surface area contributed by atoms with Crippen molar-refractivity contribution in [1.29, 1.82) is 0 Å². The number of benzene rings is 3. The molecule has 2 amide bonds. The quantitative estimate of drug-likeness (QED) is 0.328. The number of carbonyl (C=O) groups excluding carboxylic acids is 2. The van der Waals surface area contributed by atoms with Gasteiger partial charge < -0.3 is 15.0 Å². The van der Waals surface area contributed by atoms with Gasteiger partial charge in [0.15, 0.2) is 0 Å². The smallest absolute Gasteiger partial charge is 0.243 e. The Morgan fingerprint density at radius 1 is 0.917 bits per heavy atom. The van der Waals surface area contributed by atoms with Gasteiger partial charge in [-0.3, -0.25) is 9.59 Å². The molecule has 0 unspecified atom stereocenters. The van der Waals surface area contributed by atoms with Crippen LogP contribution in [0, 0.1) is 0 Å². The SMILES string of the molecule is CC[C@H](C)NC(=O)[C@@H](Cc1ccccc1)N(Cc1cccc(OC)c1)C(=O)Cc1ccc(Cl)c(Cl)c1. The summed E-state index contributed by atoms with van der Waals surface area (Å²) in [6.45, 7) is 4.23. The van der Waals surface area contributed by atoms with Gasteiger partial charge in [-0.1, -0.05) is 78.7 Å². The Hall–Kier alpha value is -3.02. The molecule has 0 spiro atoms. The van der Waals surface area contributed by atoms with Gasteiger partial charge >= 0.3 is 0 Å². The summed E-state index contributed by atoms with van der Waals surface area (Å²) in [4.78, 5) is 29.0. The molecule has 0 aliphatic heterocycles. The first-order valence-corrected chi connectivity index (χ1v) is 12.8. The normalized spacial score (nSPS) is 12.5. The average Bonchev–Trinajstić information content (AvgIpc) is 2.88. The fourth-order valence-corrected chi connectivity index (χ4v) is 4.21. The van der Waals surface area contributed by atoms with E-state index in [2.05, 4.69) is 5.32 Å². The van der Waals surface area contributed by atoms with Crippen molar-refractivity contribution in [3.05, 3.63) is 99.5 Å². The predicted molar refractivity (Wildman–Crippen MR) is 146 cm³/mol. The molecular formula is C29H32Cl2N2O3. The number of nitrogens with zero attached hydrogens (tertiary/aromatic N) is 1. The number of hydrogen-bond donors (Lipinski definition) is 1. The van der Waals surface area contributed by atoms with E-state index >= 15 is 0 Å². The summed E-state index contributed by atoms with van der Waals surface area (Å²) >= 11 is 12.3. The van der Waals surface area contributed by atoms with Crippen LogP contribution in [0.15, 0.2) is 72.8 Å². The molecule has 5 nitrogen and oxygen atoms in total. The standard InChI is InChI=1S/C29H32Cl2N2O3/c1-4-20(2)32-29(35)27(17-21-9-6-5-7-10-21)33(19-23-11-8-12-24(15-23)36-3)28(34)18-22-13-14-25(30)26(31)16-22/h5-16,20,27H,4,17-19H2,1-3H3,(H,32,35)/t20-,27+/m0/s1. The van der Waals surface area contributed by atoms with Gasteiger partial charge in [0.2, 0.25) is 11.8 Å². The van der Waals surface area contributed by atoms with Crippen molar-refractivity contribution in [2.24, 2.45) is 0 Å². The summed E-state index contributed by atoms with van der Waals surface area (Å²) in [6, 6.07) is 21.7. The van der Waals surface area contributed by atoms with Gasteiger partial charge in [-0.15, -0.1) is 0 Å². The van der Waals surface area contributed by atoms with Crippen LogP contribution in [0.3, 0.4) is 0 Å². The maximum absolute atomic E-state index is 13.8. The number of nitrogens with one attached hydrogen (secondary N) is 1. The lowest BCUT2D eigenvalue weighted by Crippen LogP contribution is -2.52. The van der Waals surface area contributed by atoms with Crippen molar-refractivity contribution >= 4 is 35.0 Å². The van der Waals surface area contributed by atoms with Gasteiger partial charge in [0, 0.05) is 19.0 Å². The van der Waals surface area contributed by atoms with Gasteiger partial charge in [0.1, 0.15) is 11.8 Å². The second-order valence-corrected chi connectivity index (χ2v) is 9.64. The van der Waals surface area contributed by atoms with E-state index in [9.17, 15) is 9.59 Å². The van der Waals surface area contributed by atoms with Gasteiger partial charge in [0.05, 0.1) is 23.6 Å². The molecule has 0 aliphatic rings. The number of rotatable bonds is 11. The number of ether oxygens (including phenoxy) is 1. The summed E-state index contributed by atoms with van der Waals surface area (Å²) in [7, 11) is 1.60. The Kier molecular flexibility index (Phi) is 10.2. The average molecular weight is 527 g/mol. The second-order valence-electron chi connectivity index (χ2n) is 8.82. The zero-order valence-electron chi connectivity index (χ0n) is 20.8. The number of amides is 2. The Bertz CT molecular complexity index is 1170. The summed E-state index contributed by atoms with van der Waals surface area (Å²) in [6.07, 6.45) is 1.26. The van der Waals surface area contributed by atoms with E-state index in [1.807, 2.05) is 68.4 Å². The lowest BCUT2D eigenvalue weighted by molar-refractivity contribution is -0.141. The molecule has 190 valence electrons. The summed E-state index contributed by atoms with van der Waals surface area (Å²) in [5.41, 5.74) is 2.57. The zero-order chi connectivity index (χ0) is 26.1. The van der Waals surface area contributed by atoms with E-state index < -0.39 is 6.04 Å². The molecule has 0 saturated heterocycles. The minimum atomic E-state index is -0.706. The summed E-state index contributed by atoms with van der Waals surface area (Å²) < 4.78 is 5.38. The second kappa shape index (κ2) is 13.3. The van der Waals surface area contributed by atoms with Crippen LogP contribution in [-0.2, 0) is 29.0 Å². The van der Waals surface area contributed by atoms with Crippen molar-refractivity contribution in [3.63, 3.8) is 0 Å². The van der Waals surface area contributed by atoms with Crippen LogP contribution in [0.5, 0.6) is 5.75 Å². The number of carbonyl (C=O) groups is 2. The topological polar surface area (TPSA) is 58.6 Å². The lowest BCUT2D eigenvalue weighted by Gasteiger charge is -2.32. The Labute approximate surface area is 223 Å².